The average molecular weight is 356 g/mol. The van der Waals surface area contributed by atoms with Gasteiger partial charge in [-0.25, -0.2) is 5.06 Å². The van der Waals surface area contributed by atoms with E-state index in [-0.39, 0.29) is 11.8 Å². The van der Waals surface area contributed by atoms with E-state index in [9.17, 15) is 9.59 Å². The molecule has 1 saturated heterocycles. The minimum atomic E-state index is -0.473. The topological polar surface area (TPSA) is 70.7 Å². The van der Waals surface area contributed by atoms with Gasteiger partial charge in [-0.05, 0) is 31.5 Å². The van der Waals surface area contributed by atoms with Crippen molar-refractivity contribution in [3.63, 3.8) is 0 Å². The number of amides is 2. The molecule has 0 aromatic heterocycles. The fourth-order valence-corrected chi connectivity index (χ4v) is 2.39. The summed E-state index contributed by atoms with van der Waals surface area (Å²) in [5.74, 6) is -0.191. The van der Waals surface area contributed by atoms with Crippen LogP contribution in [-0.4, -0.2) is 23.5 Å². The van der Waals surface area contributed by atoms with Crippen molar-refractivity contribution in [2.75, 3.05) is 12.0 Å². The molecule has 7 heteroatoms. The van der Waals surface area contributed by atoms with E-state index in [4.69, 9.17) is 4.84 Å². The van der Waals surface area contributed by atoms with Gasteiger partial charge in [0, 0.05) is 11.4 Å². The summed E-state index contributed by atoms with van der Waals surface area (Å²) < 4.78 is 0.832. The Kier molecular flexibility index (Phi) is 4.53. The Hall–Kier alpha value is -1.60. The number of hydroxylamine groups is 2. The lowest BCUT2D eigenvalue weighted by molar-refractivity contribution is -0.165. The molecule has 1 aliphatic heterocycles. The zero-order valence-electron chi connectivity index (χ0n) is 12.2. The summed E-state index contributed by atoms with van der Waals surface area (Å²) in [6, 6.07) is 5.52. The number of nitrogens with zero attached hydrogens (tertiary/aromatic N) is 1. The Morgan fingerprint density at radius 2 is 2.19 bits per heavy atom. The highest BCUT2D eigenvalue weighted by Gasteiger charge is 2.40. The first-order chi connectivity index (χ1) is 9.79. The zero-order chi connectivity index (χ0) is 15.6. The van der Waals surface area contributed by atoms with Crippen molar-refractivity contribution in [3.8, 4) is 0 Å². The minimum absolute atomic E-state index is 0.0187. The maximum atomic E-state index is 12.1. The maximum absolute atomic E-state index is 12.1. The van der Waals surface area contributed by atoms with E-state index in [0.29, 0.717) is 13.2 Å². The van der Waals surface area contributed by atoms with Crippen molar-refractivity contribution in [1.29, 1.82) is 0 Å². The number of hydrogen-bond donors (Lipinski definition) is 2. The number of carbonyl (C=O) groups is 2. The van der Waals surface area contributed by atoms with Crippen LogP contribution in [0.2, 0.25) is 0 Å². The average Bonchev–Trinajstić information content (AvgIpc) is 2.66. The number of nitrogens with one attached hydrogen (secondary N) is 2. The Balaban J connectivity index is 2.05. The molecule has 2 amide bonds. The number of carbonyl (C=O) groups excluding carboxylic acids is 2. The van der Waals surface area contributed by atoms with Crippen LogP contribution in [0, 0.1) is 5.41 Å². The van der Waals surface area contributed by atoms with Crippen molar-refractivity contribution in [1.82, 2.24) is 10.5 Å². The molecule has 0 spiro atoms. The van der Waals surface area contributed by atoms with Crippen molar-refractivity contribution in [2.24, 2.45) is 5.41 Å². The Labute approximate surface area is 131 Å². The van der Waals surface area contributed by atoms with E-state index in [1.807, 2.05) is 32.0 Å². The number of benzene rings is 1. The second kappa shape index (κ2) is 6.03. The Morgan fingerprint density at radius 1 is 1.48 bits per heavy atom. The third-order valence-corrected chi connectivity index (χ3v) is 3.87. The van der Waals surface area contributed by atoms with Crippen molar-refractivity contribution in [2.45, 2.75) is 27.3 Å². The van der Waals surface area contributed by atoms with E-state index in [2.05, 4.69) is 26.8 Å². The van der Waals surface area contributed by atoms with Gasteiger partial charge in [0.1, 0.15) is 0 Å². The highest BCUT2D eigenvalue weighted by Crippen LogP contribution is 2.30. The van der Waals surface area contributed by atoms with Crippen LogP contribution in [0.5, 0.6) is 0 Å². The summed E-state index contributed by atoms with van der Waals surface area (Å²) in [5.41, 5.74) is 6.48. The van der Waals surface area contributed by atoms with Gasteiger partial charge >= 0.3 is 0 Å². The van der Waals surface area contributed by atoms with Crippen LogP contribution >= 0.6 is 15.9 Å². The smallest absolute Gasteiger partial charge is 0.254 e. The molecule has 0 atom stereocenters. The molecule has 0 bridgehead atoms. The van der Waals surface area contributed by atoms with Gasteiger partial charge < -0.3 is 0 Å². The minimum Gasteiger partial charge on any atom is -0.299 e. The fourth-order valence-electron chi connectivity index (χ4n) is 1.88. The van der Waals surface area contributed by atoms with Crippen LogP contribution in [0.1, 0.15) is 26.3 Å². The van der Waals surface area contributed by atoms with Crippen LogP contribution < -0.4 is 10.9 Å². The van der Waals surface area contributed by atoms with Crippen LogP contribution in [0.3, 0.4) is 0 Å². The van der Waals surface area contributed by atoms with Gasteiger partial charge in [0.25, 0.3) is 5.91 Å². The molecule has 1 aliphatic rings. The third-order valence-electron chi connectivity index (χ3n) is 3.14. The van der Waals surface area contributed by atoms with Crippen LogP contribution in [-0.2, 0) is 21.0 Å². The molecule has 21 heavy (non-hydrogen) atoms. The second-order valence-electron chi connectivity index (χ2n) is 5.61. The molecule has 0 aliphatic carbocycles. The molecule has 1 heterocycles. The van der Waals surface area contributed by atoms with Gasteiger partial charge in [-0.2, -0.15) is 0 Å². The van der Waals surface area contributed by atoms with Gasteiger partial charge in [0.05, 0.1) is 24.3 Å². The summed E-state index contributed by atoms with van der Waals surface area (Å²) in [6.45, 7) is 5.93. The van der Waals surface area contributed by atoms with Crippen LogP contribution in [0.4, 0.5) is 5.69 Å². The van der Waals surface area contributed by atoms with Gasteiger partial charge in [-0.1, -0.05) is 22.0 Å². The first kappa shape index (κ1) is 15.8. The molecular formula is C14H18BrN3O3. The molecule has 6 nitrogen and oxygen atoms in total. The second-order valence-corrected chi connectivity index (χ2v) is 6.47. The summed E-state index contributed by atoms with van der Waals surface area (Å²) in [5, 5.41) is 1.39. The SMILES string of the molecule is CC(=O)NNc1ccc(CN2OCC(C)(C)C2=O)c(Br)c1. The first-order valence-electron chi connectivity index (χ1n) is 6.55. The summed E-state index contributed by atoms with van der Waals surface area (Å²) >= 11 is 3.46. The highest BCUT2D eigenvalue weighted by molar-refractivity contribution is 9.10. The number of rotatable bonds is 4. The predicted molar refractivity (Wildman–Crippen MR) is 81.9 cm³/mol. The fraction of sp³-hybridized carbons (Fsp3) is 0.429. The lowest BCUT2D eigenvalue weighted by Gasteiger charge is -2.17. The Morgan fingerprint density at radius 3 is 2.71 bits per heavy atom. The van der Waals surface area contributed by atoms with Gasteiger partial charge in [0.15, 0.2) is 0 Å². The lowest BCUT2D eigenvalue weighted by Crippen LogP contribution is -2.30. The predicted octanol–water partition coefficient (Wildman–Crippen LogP) is 2.21. The first-order valence-corrected chi connectivity index (χ1v) is 7.35. The number of hydrazine groups is 1. The standard InChI is InChI=1S/C14H18BrN3O3/c1-9(19)16-17-11-5-4-10(12(15)6-11)7-18-13(20)14(2,3)8-21-18/h4-6,17H,7-8H2,1-3H3,(H,16,19). The van der Waals surface area contributed by atoms with E-state index < -0.39 is 5.41 Å². The normalized spacial score (nSPS) is 17.0. The molecule has 1 fully saturated rings. The van der Waals surface area contributed by atoms with E-state index in [0.717, 1.165) is 15.7 Å². The number of hydrogen-bond acceptors (Lipinski definition) is 4. The molecule has 0 radical (unpaired) electrons. The van der Waals surface area contributed by atoms with Gasteiger partial charge in [0.2, 0.25) is 5.91 Å². The molecule has 1 aromatic carbocycles. The van der Waals surface area contributed by atoms with Gasteiger partial charge in [-0.15, -0.1) is 0 Å². The molecule has 2 rings (SSSR count). The van der Waals surface area contributed by atoms with Crippen LogP contribution in [0.15, 0.2) is 22.7 Å². The van der Waals surface area contributed by atoms with Crippen molar-refractivity contribution in [3.05, 3.63) is 28.2 Å². The molecule has 0 unspecified atom stereocenters. The summed E-state index contributed by atoms with van der Waals surface area (Å²) in [4.78, 5) is 28.4. The maximum Gasteiger partial charge on any atom is 0.254 e. The number of anilines is 1. The third kappa shape index (κ3) is 3.74. The molecular weight excluding hydrogens is 338 g/mol. The van der Waals surface area contributed by atoms with Gasteiger partial charge in [-0.3, -0.25) is 25.3 Å². The summed E-state index contributed by atoms with van der Waals surface area (Å²) in [7, 11) is 0. The quantitative estimate of drug-likeness (QED) is 0.812. The molecule has 0 saturated carbocycles. The van der Waals surface area contributed by atoms with E-state index >= 15 is 0 Å². The summed E-state index contributed by atoms with van der Waals surface area (Å²) in [6.07, 6.45) is 0. The van der Waals surface area contributed by atoms with E-state index in [1.165, 1.54) is 12.0 Å². The van der Waals surface area contributed by atoms with E-state index in [1.54, 1.807) is 0 Å². The van der Waals surface area contributed by atoms with Crippen LogP contribution in [0.25, 0.3) is 0 Å². The zero-order valence-corrected chi connectivity index (χ0v) is 13.8. The van der Waals surface area contributed by atoms with Crippen molar-refractivity contribution >= 4 is 33.4 Å². The lowest BCUT2D eigenvalue weighted by atomic mass is 9.95. The molecule has 2 N–H and O–H groups in total. The van der Waals surface area contributed by atoms with Crippen molar-refractivity contribution < 1.29 is 14.4 Å². The largest absolute Gasteiger partial charge is 0.299 e. The molecule has 114 valence electrons. The number of halogens is 1. The monoisotopic (exact) mass is 355 g/mol. The highest BCUT2D eigenvalue weighted by atomic mass is 79.9. The molecule has 1 aromatic rings. The Bertz CT molecular complexity index is 575.